The number of halogens is 3. The normalized spacial score (nSPS) is 12.2. The zero-order valence-corrected chi connectivity index (χ0v) is 24.1. The number of nitrogens with one attached hydrogen (secondary N) is 1. The van der Waals surface area contributed by atoms with Crippen LogP contribution in [0.5, 0.6) is 0 Å². The summed E-state index contributed by atoms with van der Waals surface area (Å²) in [5.74, 6) is -1.56. The largest absolute Gasteiger partial charge is 0.354 e. The van der Waals surface area contributed by atoms with Crippen molar-refractivity contribution in [2.24, 2.45) is 5.92 Å². The van der Waals surface area contributed by atoms with E-state index in [1.807, 2.05) is 13.8 Å². The Morgan fingerprint density at radius 2 is 1.59 bits per heavy atom. The molecule has 2 amide bonds. The van der Waals surface area contributed by atoms with Crippen LogP contribution in [-0.2, 0) is 26.2 Å². The number of nitrogens with zero attached hydrogens (tertiary/aromatic N) is 2. The van der Waals surface area contributed by atoms with Gasteiger partial charge in [-0.2, -0.15) is 0 Å². The summed E-state index contributed by atoms with van der Waals surface area (Å²) in [7, 11) is -4.27. The second kappa shape index (κ2) is 13.3. The van der Waals surface area contributed by atoms with Crippen LogP contribution in [0.15, 0.2) is 77.7 Å². The Bertz CT molecular complexity index is 1400. The minimum absolute atomic E-state index is 0.00181. The summed E-state index contributed by atoms with van der Waals surface area (Å²) in [4.78, 5) is 28.0. The van der Waals surface area contributed by atoms with Crippen LogP contribution in [0, 0.1) is 11.7 Å². The average molecular weight is 595 g/mol. The quantitative estimate of drug-likeness (QED) is 0.317. The van der Waals surface area contributed by atoms with Gasteiger partial charge in [0.1, 0.15) is 18.4 Å². The van der Waals surface area contributed by atoms with Crippen molar-refractivity contribution in [1.29, 1.82) is 0 Å². The second-order valence-electron chi connectivity index (χ2n) is 9.39. The van der Waals surface area contributed by atoms with Gasteiger partial charge in [0.05, 0.1) is 15.6 Å². The van der Waals surface area contributed by atoms with Gasteiger partial charge in [-0.1, -0.05) is 67.4 Å². The Balaban J connectivity index is 2.02. The number of hydrogen-bond donors (Lipinski definition) is 1. The maximum atomic E-state index is 13.9. The van der Waals surface area contributed by atoms with Crippen LogP contribution in [0.25, 0.3) is 0 Å². The number of rotatable bonds is 11. The molecule has 0 saturated heterocycles. The summed E-state index contributed by atoms with van der Waals surface area (Å²) in [6.07, 6.45) is 0. The minimum Gasteiger partial charge on any atom is -0.354 e. The van der Waals surface area contributed by atoms with Gasteiger partial charge in [-0.05, 0) is 60.9 Å². The van der Waals surface area contributed by atoms with Gasteiger partial charge in [0, 0.05) is 18.1 Å². The topological polar surface area (TPSA) is 86.8 Å². The summed E-state index contributed by atoms with van der Waals surface area (Å²) in [5, 5.41) is 3.03. The standard InChI is InChI=1S/C28H30Cl2FN3O4S/c1-19(2)16-32-28(36)20(3)33(17-21-9-11-22(29)12-10-21)27(35)18-34(23-13-14-26(31)25(30)15-23)39(37,38)24-7-5-4-6-8-24/h4-15,19-20H,16-18H2,1-3H3,(H,32,36)/t20-/m1/s1. The molecule has 0 aliphatic carbocycles. The van der Waals surface area contributed by atoms with Gasteiger partial charge >= 0.3 is 0 Å². The molecule has 0 radical (unpaired) electrons. The fourth-order valence-electron chi connectivity index (χ4n) is 3.71. The smallest absolute Gasteiger partial charge is 0.264 e. The van der Waals surface area contributed by atoms with Gasteiger partial charge < -0.3 is 10.2 Å². The molecule has 3 aromatic carbocycles. The van der Waals surface area contributed by atoms with E-state index in [1.165, 1.54) is 23.1 Å². The molecule has 0 fully saturated rings. The molecule has 3 rings (SSSR count). The SMILES string of the molecule is CC(C)CNC(=O)[C@@H](C)N(Cc1ccc(Cl)cc1)C(=O)CN(c1ccc(F)c(Cl)c1)S(=O)(=O)c1ccccc1. The third-order valence-corrected chi connectivity index (χ3v) is 8.25. The molecule has 0 unspecified atom stereocenters. The zero-order valence-electron chi connectivity index (χ0n) is 21.8. The number of carbonyl (C=O) groups is 2. The Hall–Kier alpha value is -3.14. The van der Waals surface area contributed by atoms with Crippen LogP contribution in [0.4, 0.5) is 10.1 Å². The first-order valence-corrected chi connectivity index (χ1v) is 14.4. The van der Waals surface area contributed by atoms with E-state index < -0.39 is 34.3 Å². The molecule has 1 atom stereocenters. The summed E-state index contributed by atoms with van der Waals surface area (Å²) >= 11 is 12.0. The molecule has 0 aliphatic heterocycles. The van der Waals surface area contributed by atoms with Crippen LogP contribution >= 0.6 is 23.2 Å². The van der Waals surface area contributed by atoms with Crippen molar-refractivity contribution in [3.05, 3.63) is 94.2 Å². The highest BCUT2D eigenvalue weighted by Gasteiger charge is 2.32. The number of hydrogen-bond acceptors (Lipinski definition) is 4. The lowest BCUT2D eigenvalue weighted by Crippen LogP contribution is -2.51. The number of carbonyl (C=O) groups excluding carboxylic acids is 2. The van der Waals surface area contributed by atoms with Crippen molar-refractivity contribution in [3.63, 3.8) is 0 Å². The Kier molecular flexibility index (Phi) is 10.4. The van der Waals surface area contributed by atoms with E-state index in [4.69, 9.17) is 23.2 Å². The van der Waals surface area contributed by atoms with Gasteiger partial charge in [-0.3, -0.25) is 13.9 Å². The van der Waals surface area contributed by atoms with Crippen molar-refractivity contribution in [3.8, 4) is 0 Å². The molecule has 0 saturated carbocycles. The van der Waals surface area contributed by atoms with E-state index >= 15 is 0 Å². The molecule has 0 bridgehead atoms. The highest BCUT2D eigenvalue weighted by atomic mass is 35.5. The monoisotopic (exact) mass is 593 g/mol. The molecular formula is C28H30Cl2FN3O4S. The lowest BCUT2D eigenvalue weighted by Gasteiger charge is -2.32. The molecule has 1 N–H and O–H groups in total. The van der Waals surface area contributed by atoms with Gasteiger partial charge in [0.15, 0.2) is 0 Å². The molecule has 0 aromatic heterocycles. The second-order valence-corrected chi connectivity index (χ2v) is 12.1. The molecule has 11 heteroatoms. The van der Waals surface area contributed by atoms with Crippen molar-refractivity contribution < 1.29 is 22.4 Å². The summed E-state index contributed by atoms with van der Waals surface area (Å²) < 4.78 is 42.2. The highest BCUT2D eigenvalue weighted by molar-refractivity contribution is 7.92. The first-order chi connectivity index (χ1) is 18.4. The Morgan fingerprint density at radius 1 is 0.949 bits per heavy atom. The van der Waals surface area contributed by atoms with Gasteiger partial charge in [-0.15, -0.1) is 0 Å². The van der Waals surface area contributed by atoms with Crippen molar-refractivity contribution >= 4 is 50.7 Å². The summed E-state index contributed by atoms with van der Waals surface area (Å²) in [6.45, 7) is 5.25. The average Bonchev–Trinajstić information content (AvgIpc) is 2.91. The predicted octanol–water partition coefficient (Wildman–Crippen LogP) is 5.52. The van der Waals surface area contributed by atoms with Crippen molar-refractivity contribution in [1.82, 2.24) is 10.2 Å². The van der Waals surface area contributed by atoms with Gasteiger partial charge in [0.25, 0.3) is 10.0 Å². The van der Waals surface area contributed by atoms with E-state index in [0.717, 1.165) is 16.4 Å². The number of benzene rings is 3. The zero-order chi connectivity index (χ0) is 28.7. The molecule has 0 aliphatic rings. The van der Waals surface area contributed by atoms with Gasteiger partial charge in [0.2, 0.25) is 11.8 Å². The van der Waals surface area contributed by atoms with Crippen LogP contribution in [-0.4, -0.2) is 44.3 Å². The third-order valence-electron chi connectivity index (χ3n) is 5.92. The maximum Gasteiger partial charge on any atom is 0.264 e. The maximum absolute atomic E-state index is 13.9. The molecule has 3 aromatic rings. The first kappa shape index (κ1) is 30.4. The van der Waals surface area contributed by atoms with Crippen molar-refractivity contribution in [2.45, 2.75) is 38.3 Å². The van der Waals surface area contributed by atoms with Crippen LogP contribution in [0.1, 0.15) is 26.3 Å². The number of amides is 2. The summed E-state index contributed by atoms with van der Waals surface area (Å²) in [5.41, 5.74) is 0.695. The molecule has 208 valence electrons. The molecule has 0 heterocycles. The first-order valence-electron chi connectivity index (χ1n) is 12.2. The molecule has 0 spiro atoms. The number of anilines is 1. The van der Waals surface area contributed by atoms with E-state index in [9.17, 15) is 22.4 Å². The fourth-order valence-corrected chi connectivity index (χ4v) is 5.44. The van der Waals surface area contributed by atoms with Crippen LogP contribution in [0.3, 0.4) is 0 Å². The minimum atomic E-state index is -4.27. The van der Waals surface area contributed by atoms with Crippen molar-refractivity contribution in [2.75, 3.05) is 17.4 Å². The van der Waals surface area contributed by atoms with Crippen LogP contribution < -0.4 is 9.62 Å². The highest BCUT2D eigenvalue weighted by Crippen LogP contribution is 2.28. The molecule has 39 heavy (non-hydrogen) atoms. The molecular weight excluding hydrogens is 564 g/mol. The van der Waals surface area contributed by atoms with Crippen LogP contribution in [0.2, 0.25) is 10.0 Å². The van der Waals surface area contributed by atoms with E-state index in [-0.39, 0.29) is 34.0 Å². The molecule has 7 nitrogen and oxygen atoms in total. The van der Waals surface area contributed by atoms with Gasteiger partial charge in [-0.25, -0.2) is 12.8 Å². The van der Waals surface area contributed by atoms with E-state index in [2.05, 4.69) is 5.32 Å². The third kappa shape index (κ3) is 7.94. The lowest BCUT2D eigenvalue weighted by atomic mass is 10.1. The lowest BCUT2D eigenvalue weighted by molar-refractivity contribution is -0.139. The van der Waals surface area contributed by atoms with E-state index in [1.54, 1.807) is 49.4 Å². The fraction of sp³-hybridized carbons (Fsp3) is 0.286. The number of sulfonamides is 1. The predicted molar refractivity (Wildman–Crippen MR) is 152 cm³/mol. The Labute approximate surface area is 238 Å². The van der Waals surface area contributed by atoms with E-state index in [0.29, 0.717) is 17.1 Å². The summed E-state index contributed by atoms with van der Waals surface area (Å²) in [6, 6.07) is 16.8. The Morgan fingerprint density at radius 3 is 2.18 bits per heavy atom.